The summed E-state index contributed by atoms with van der Waals surface area (Å²) >= 11 is 0. The van der Waals surface area contributed by atoms with Crippen molar-refractivity contribution >= 4 is 45.8 Å². The van der Waals surface area contributed by atoms with Gasteiger partial charge in [0.15, 0.2) is 5.78 Å². The molecule has 2 saturated heterocycles. The molecule has 0 aromatic heterocycles. The van der Waals surface area contributed by atoms with Crippen molar-refractivity contribution in [1.82, 2.24) is 0 Å². The molecule has 4 aromatic rings. The number of hydrogen-bond donors (Lipinski definition) is 0. The molecule has 0 bridgehead atoms. The lowest BCUT2D eigenvalue weighted by atomic mass is 9.86. The number of amides is 2. The molecule has 0 unspecified atom stereocenters. The number of imide groups is 1. The van der Waals surface area contributed by atoms with Crippen molar-refractivity contribution in [2.45, 2.75) is 12.1 Å². The van der Waals surface area contributed by atoms with Crippen molar-refractivity contribution in [3.8, 4) is 5.75 Å². The maximum atomic E-state index is 14.2. The van der Waals surface area contributed by atoms with Gasteiger partial charge in [-0.1, -0.05) is 66.7 Å². The van der Waals surface area contributed by atoms with E-state index in [1.165, 1.54) is 4.90 Å². The number of ketones is 1. The second kappa shape index (κ2) is 8.42. The summed E-state index contributed by atoms with van der Waals surface area (Å²) in [5.74, 6) is -1.61. The van der Waals surface area contributed by atoms with Gasteiger partial charge in [-0.25, -0.2) is 4.90 Å². The largest absolute Gasteiger partial charge is 0.497 e. The lowest BCUT2D eigenvalue weighted by Gasteiger charge is -2.36. The van der Waals surface area contributed by atoms with Gasteiger partial charge in [-0.3, -0.25) is 14.4 Å². The lowest BCUT2D eigenvalue weighted by Crippen LogP contribution is -2.48. The Morgan fingerprint density at radius 2 is 1.45 bits per heavy atom. The maximum absolute atomic E-state index is 14.2. The Morgan fingerprint density at radius 3 is 2.26 bits per heavy atom. The molecule has 6 heteroatoms. The first kappa shape index (κ1) is 22.5. The topological polar surface area (TPSA) is 66.9 Å². The summed E-state index contributed by atoms with van der Waals surface area (Å²) in [6, 6.07) is 26.8. The normalized spacial score (nSPS) is 23.4. The molecule has 3 heterocycles. The first-order valence-corrected chi connectivity index (χ1v) is 12.7. The predicted octanol–water partition coefficient (Wildman–Crippen LogP) is 5.12. The summed E-state index contributed by atoms with van der Waals surface area (Å²) in [7, 11) is 1.57. The van der Waals surface area contributed by atoms with E-state index in [1.807, 2.05) is 83.8 Å². The van der Waals surface area contributed by atoms with E-state index in [2.05, 4.69) is 0 Å². The molecule has 2 fully saturated rings. The summed E-state index contributed by atoms with van der Waals surface area (Å²) in [6.45, 7) is 0. The van der Waals surface area contributed by atoms with Crippen LogP contribution < -0.4 is 14.5 Å². The Hall–Kier alpha value is -4.71. The average Bonchev–Trinajstić information content (AvgIpc) is 3.44. The molecule has 0 spiro atoms. The Morgan fingerprint density at radius 1 is 0.763 bits per heavy atom. The highest BCUT2D eigenvalue weighted by atomic mass is 16.5. The van der Waals surface area contributed by atoms with Gasteiger partial charge in [0.25, 0.3) is 0 Å². The predicted molar refractivity (Wildman–Crippen MR) is 146 cm³/mol. The minimum Gasteiger partial charge on any atom is -0.497 e. The van der Waals surface area contributed by atoms with Crippen molar-refractivity contribution in [1.29, 1.82) is 0 Å². The fourth-order valence-electron chi connectivity index (χ4n) is 6.38. The van der Waals surface area contributed by atoms with Crippen LogP contribution in [0.1, 0.15) is 15.9 Å². The Bertz CT molecular complexity index is 1650. The highest BCUT2D eigenvalue weighted by molar-refractivity contribution is 6.27. The van der Waals surface area contributed by atoms with E-state index in [0.29, 0.717) is 17.0 Å². The second-order valence-electron chi connectivity index (χ2n) is 9.92. The molecule has 3 aliphatic heterocycles. The highest BCUT2D eigenvalue weighted by Crippen LogP contribution is 2.50. The number of nitrogens with zero attached hydrogens (tertiary/aromatic N) is 2. The van der Waals surface area contributed by atoms with E-state index in [1.54, 1.807) is 31.4 Å². The molecule has 6 nitrogen and oxygen atoms in total. The quantitative estimate of drug-likeness (QED) is 0.287. The number of ether oxygens (including phenoxy) is 1. The monoisotopic (exact) mass is 500 g/mol. The van der Waals surface area contributed by atoms with E-state index in [0.717, 1.165) is 22.0 Å². The van der Waals surface area contributed by atoms with Crippen LogP contribution in [0.5, 0.6) is 5.75 Å². The van der Waals surface area contributed by atoms with Crippen molar-refractivity contribution in [3.05, 3.63) is 108 Å². The first-order valence-electron chi connectivity index (χ1n) is 12.7. The number of Topliss-reactive ketones (excluding diaryl/α,β-unsaturated/α-hetero) is 1. The Balaban J connectivity index is 1.38. The van der Waals surface area contributed by atoms with Crippen LogP contribution in [-0.4, -0.2) is 36.8 Å². The van der Waals surface area contributed by atoms with Crippen LogP contribution in [0.25, 0.3) is 16.8 Å². The highest BCUT2D eigenvalue weighted by Gasteiger charge is 2.64. The number of para-hydroxylation sites is 1. The van der Waals surface area contributed by atoms with E-state index in [4.69, 9.17) is 4.74 Å². The van der Waals surface area contributed by atoms with Gasteiger partial charge in [0, 0.05) is 16.6 Å². The molecular weight excluding hydrogens is 476 g/mol. The smallest absolute Gasteiger partial charge is 0.240 e. The molecule has 0 saturated carbocycles. The van der Waals surface area contributed by atoms with Crippen molar-refractivity contribution in [3.63, 3.8) is 0 Å². The molecule has 186 valence electrons. The lowest BCUT2D eigenvalue weighted by molar-refractivity contribution is -0.122. The second-order valence-corrected chi connectivity index (χ2v) is 9.92. The van der Waals surface area contributed by atoms with E-state index >= 15 is 0 Å². The third kappa shape index (κ3) is 3.10. The van der Waals surface area contributed by atoms with Gasteiger partial charge in [0.05, 0.1) is 30.7 Å². The molecule has 2 amide bonds. The van der Waals surface area contributed by atoms with Gasteiger partial charge >= 0.3 is 0 Å². The summed E-state index contributed by atoms with van der Waals surface area (Å²) in [5, 5.41) is 1.78. The summed E-state index contributed by atoms with van der Waals surface area (Å²) in [4.78, 5) is 45.8. The number of rotatable bonds is 4. The van der Waals surface area contributed by atoms with Crippen LogP contribution in [0.4, 0.5) is 11.4 Å². The van der Waals surface area contributed by atoms with Crippen LogP contribution in [0.15, 0.2) is 97.1 Å². The van der Waals surface area contributed by atoms with Crippen LogP contribution in [0, 0.1) is 11.8 Å². The number of anilines is 2. The van der Waals surface area contributed by atoms with Gasteiger partial charge in [0.2, 0.25) is 11.8 Å². The minimum absolute atomic E-state index is 0.184. The molecule has 7 rings (SSSR count). The zero-order valence-electron chi connectivity index (χ0n) is 20.7. The van der Waals surface area contributed by atoms with Crippen molar-refractivity contribution < 1.29 is 19.1 Å². The third-order valence-electron chi connectivity index (χ3n) is 8.07. The molecular formula is C32H24N2O4. The average molecular weight is 501 g/mol. The molecule has 0 aliphatic carbocycles. The van der Waals surface area contributed by atoms with Crippen molar-refractivity contribution in [2.24, 2.45) is 11.8 Å². The SMILES string of the molecule is COc1ccc(C(=O)[C@@H]2[C@@H]3C(=O)N(c4cccc5ccccc45)C(=O)[C@@H]3[C@@H]3C=Cc4ccccc4N23)cc1. The minimum atomic E-state index is -0.819. The van der Waals surface area contributed by atoms with Gasteiger partial charge in [-0.15, -0.1) is 0 Å². The molecule has 3 aliphatic rings. The van der Waals surface area contributed by atoms with Crippen LogP contribution in [0.3, 0.4) is 0 Å². The fourth-order valence-corrected chi connectivity index (χ4v) is 6.38. The zero-order chi connectivity index (χ0) is 26.0. The van der Waals surface area contributed by atoms with E-state index in [9.17, 15) is 14.4 Å². The van der Waals surface area contributed by atoms with Crippen molar-refractivity contribution in [2.75, 3.05) is 16.9 Å². The number of carbonyl (C=O) groups excluding carboxylic acids is 3. The zero-order valence-corrected chi connectivity index (χ0v) is 20.7. The van der Waals surface area contributed by atoms with Gasteiger partial charge in [-0.2, -0.15) is 0 Å². The summed E-state index contributed by atoms with van der Waals surface area (Å²) in [6.07, 6.45) is 3.96. The molecule has 38 heavy (non-hydrogen) atoms. The van der Waals surface area contributed by atoms with Crippen LogP contribution in [-0.2, 0) is 9.59 Å². The van der Waals surface area contributed by atoms with Gasteiger partial charge in [-0.05, 0) is 47.3 Å². The molecule has 4 atom stereocenters. The Kier molecular flexibility index (Phi) is 4.98. The number of carbonyl (C=O) groups is 3. The Labute approximate surface area is 219 Å². The number of fused-ring (bicyclic) bond motifs is 6. The standard InChI is InChI=1S/C32H24N2O4/c1-38-22-16-13-21(14-17-22)30(35)29-28-27(26-18-15-20-8-3-5-11-24(20)33(26)29)31(36)34(32(28)37)25-12-6-9-19-7-2-4-10-23(19)25/h2-18,26-29H,1H3/t26-,27+,28+,29-/m0/s1. The third-order valence-corrected chi connectivity index (χ3v) is 8.07. The van der Waals surface area contributed by atoms with Gasteiger partial charge < -0.3 is 9.64 Å². The summed E-state index contributed by atoms with van der Waals surface area (Å²) < 4.78 is 5.27. The maximum Gasteiger partial charge on any atom is 0.240 e. The number of hydrogen-bond acceptors (Lipinski definition) is 5. The van der Waals surface area contributed by atoms with Crippen LogP contribution in [0.2, 0.25) is 0 Å². The van der Waals surface area contributed by atoms with E-state index < -0.39 is 23.9 Å². The number of benzene rings is 4. The molecule has 4 aromatic carbocycles. The summed E-state index contributed by atoms with van der Waals surface area (Å²) in [5.41, 5.74) is 2.86. The molecule has 0 N–H and O–H groups in total. The number of methoxy groups -OCH3 is 1. The van der Waals surface area contributed by atoms with Crippen LogP contribution >= 0.6 is 0 Å². The fraction of sp³-hybridized carbons (Fsp3) is 0.156. The first-order chi connectivity index (χ1) is 18.6. The van der Waals surface area contributed by atoms with E-state index in [-0.39, 0.29) is 17.6 Å². The molecule has 0 radical (unpaired) electrons. The van der Waals surface area contributed by atoms with Gasteiger partial charge in [0.1, 0.15) is 11.8 Å².